The minimum atomic E-state index is -3.58. The predicted molar refractivity (Wildman–Crippen MR) is 83.3 cm³/mol. The molecule has 0 aliphatic carbocycles. The van der Waals surface area contributed by atoms with Crippen molar-refractivity contribution in [2.45, 2.75) is 36.7 Å². The summed E-state index contributed by atoms with van der Waals surface area (Å²) in [5.74, 6) is -1.56. The summed E-state index contributed by atoms with van der Waals surface area (Å²) in [6, 6.07) is 3.56. The fraction of sp³-hybridized carbons (Fsp3) is 0.467. The lowest BCUT2D eigenvalue weighted by Gasteiger charge is -2.11. The molecule has 0 saturated carbocycles. The number of carbonyl (C=O) groups is 2. The van der Waals surface area contributed by atoms with Crippen LogP contribution < -0.4 is 5.32 Å². The zero-order valence-electron chi connectivity index (χ0n) is 12.7. The lowest BCUT2D eigenvalue weighted by Crippen LogP contribution is -2.16. The summed E-state index contributed by atoms with van der Waals surface area (Å²) in [4.78, 5) is 22.9. The largest absolute Gasteiger partial charge is 0.478 e. The average molecular weight is 341 g/mol. The number of nitrogens with one attached hydrogen (secondary N) is 1. The van der Waals surface area contributed by atoms with Crippen molar-refractivity contribution < 1.29 is 27.9 Å². The van der Waals surface area contributed by atoms with Crippen LogP contribution in [0.1, 0.15) is 36.0 Å². The molecule has 1 unspecified atom stereocenters. The molecule has 0 bridgehead atoms. The number of carboxylic acid groups (broad SMARTS) is 1. The molecule has 1 aliphatic heterocycles. The minimum Gasteiger partial charge on any atom is -0.478 e. The van der Waals surface area contributed by atoms with Crippen LogP contribution in [0.25, 0.3) is 0 Å². The first-order valence-corrected chi connectivity index (χ1v) is 9.15. The van der Waals surface area contributed by atoms with E-state index in [1.165, 1.54) is 12.1 Å². The van der Waals surface area contributed by atoms with Gasteiger partial charge in [-0.1, -0.05) is 0 Å². The van der Waals surface area contributed by atoms with Gasteiger partial charge in [0.05, 0.1) is 16.6 Å². The van der Waals surface area contributed by atoms with Crippen molar-refractivity contribution in [3.05, 3.63) is 23.8 Å². The molecule has 1 aromatic carbocycles. The van der Waals surface area contributed by atoms with E-state index in [0.29, 0.717) is 13.0 Å². The summed E-state index contributed by atoms with van der Waals surface area (Å²) in [5, 5.41) is 11.6. The molecule has 1 fully saturated rings. The number of carbonyl (C=O) groups excluding carboxylic acids is 1. The zero-order valence-corrected chi connectivity index (χ0v) is 13.6. The molecule has 0 aromatic heterocycles. The third kappa shape index (κ3) is 5.04. The van der Waals surface area contributed by atoms with E-state index in [1.807, 2.05) is 0 Å². The molecule has 1 aliphatic rings. The van der Waals surface area contributed by atoms with Crippen LogP contribution in [0.5, 0.6) is 0 Å². The Morgan fingerprint density at radius 3 is 2.65 bits per heavy atom. The molecule has 7 nitrogen and oxygen atoms in total. The fourth-order valence-electron chi connectivity index (χ4n) is 2.40. The van der Waals surface area contributed by atoms with Crippen LogP contribution in [-0.4, -0.2) is 44.4 Å². The van der Waals surface area contributed by atoms with Gasteiger partial charge in [-0.2, -0.15) is 0 Å². The molecule has 1 saturated heterocycles. The van der Waals surface area contributed by atoms with Crippen LogP contribution in [0.4, 0.5) is 5.69 Å². The Kier molecular flexibility index (Phi) is 5.38. The van der Waals surface area contributed by atoms with Crippen LogP contribution in [0, 0.1) is 0 Å². The molecular formula is C15H19NO6S. The Hall–Kier alpha value is -1.93. The van der Waals surface area contributed by atoms with Crippen molar-refractivity contribution in [1.82, 2.24) is 0 Å². The van der Waals surface area contributed by atoms with Crippen molar-refractivity contribution in [3.8, 4) is 0 Å². The van der Waals surface area contributed by atoms with Gasteiger partial charge in [0.25, 0.3) is 0 Å². The maximum Gasteiger partial charge on any atom is 0.335 e. The highest BCUT2D eigenvalue weighted by molar-refractivity contribution is 7.90. The van der Waals surface area contributed by atoms with Gasteiger partial charge in [0.1, 0.15) is 0 Å². The van der Waals surface area contributed by atoms with Gasteiger partial charge in [-0.05, 0) is 37.5 Å². The van der Waals surface area contributed by atoms with E-state index in [9.17, 15) is 18.0 Å². The minimum absolute atomic E-state index is 0.0812. The van der Waals surface area contributed by atoms with Gasteiger partial charge in [-0.25, -0.2) is 13.2 Å². The average Bonchev–Trinajstić information content (AvgIpc) is 2.97. The first kappa shape index (κ1) is 17.4. The topological polar surface area (TPSA) is 110 Å². The predicted octanol–water partition coefficient (Wildman–Crippen LogP) is 1.69. The van der Waals surface area contributed by atoms with E-state index >= 15 is 0 Å². The van der Waals surface area contributed by atoms with Crippen LogP contribution in [0.2, 0.25) is 0 Å². The summed E-state index contributed by atoms with van der Waals surface area (Å²) in [7, 11) is -3.58. The number of rotatable bonds is 6. The highest BCUT2D eigenvalue weighted by Crippen LogP contribution is 2.21. The standard InChI is InChI=1S/C15H19NO6S/c1-23(20,21)13-8-10(15(18)19)7-11(9-13)16-14(17)5-4-12-3-2-6-22-12/h7-9,12H,2-6H2,1H3,(H,16,17)(H,18,19). The van der Waals surface area contributed by atoms with Crippen molar-refractivity contribution in [2.24, 2.45) is 0 Å². The number of sulfone groups is 1. The van der Waals surface area contributed by atoms with Crippen LogP contribution in [0.15, 0.2) is 23.1 Å². The summed E-state index contributed by atoms with van der Waals surface area (Å²) in [6.45, 7) is 0.713. The monoisotopic (exact) mass is 341 g/mol. The van der Waals surface area contributed by atoms with Gasteiger partial charge in [-0.15, -0.1) is 0 Å². The summed E-state index contributed by atoms with van der Waals surface area (Å²) in [5.41, 5.74) is -0.0370. The van der Waals surface area contributed by atoms with Crippen molar-refractivity contribution in [2.75, 3.05) is 18.2 Å². The Morgan fingerprint density at radius 1 is 1.35 bits per heavy atom. The summed E-state index contributed by atoms with van der Waals surface area (Å²) >= 11 is 0. The first-order chi connectivity index (χ1) is 10.8. The van der Waals surface area contributed by atoms with Crippen molar-refractivity contribution in [1.29, 1.82) is 0 Å². The van der Waals surface area contributed by atoms with E-state index in [4.69, 9.17) is 9.84 Å². The van der Waals surface area contributed by atoms with E-state index in [2.05, 4.69) is 5.32 Å². The maximum atomic E-state index is 11.9. The number of ether oxygens (including phenoxy) is 1. The third-order valence-electron chi connectivity index (χ3n) is 3.58. The maximum absolute atomic E-state index is 11.9. The number of hydrogen-bond donors (Lipinski definition) is 2. The number of anilines is 1. The van der Waals surface area contributed by atoms with E-state index in [1.54, 1.807) is 0 Å². The quantitative estimate of drug-likeness (QED) is 0.815. The summed E-state index contributed by atoms with van der Waals surface area (Å²) in [6.07, 6.45) is 3.80. The van der Waals surface area contributed by atoms with Gasteiger partial charge in [-0.3, -0.25) is 4.79 Å². The Bertz CT molecular complexity index is 707. The molecule has 2 rings (SSSR count). The number of aromatic carboxylic acids is 1. The molecule has 2 N–H and O–H groups in total. The number of carboxylic acids is 1. The lowest BCUT2D eigenvalue weighted by molar-refractivity contribution is -0.116. The fourth-order valence-corrected chi connectivity index (χ4v) is 3.08. The normalized spacial score (nSPS) is 17.9. The second kappa shape index (κ2) is 7.10. The SMILES string of the molecule is CS(=O)(=O)c1cc(NC(=O)CCC2CCCO2)cc(C(=O)O)c1. The van der Waals surface area contributed by atoms with Crippen LogP contribution in [0.3, 0.4) is 0 Å². The number of hydrogen-bond acceptors (Lipinski definition) is 5. The molecule has 0 radical (unpaired) electrons. The van der Waals surface area contributed by atoms with Gasteiger partial charge in [0, 0.05) is 25.0 Å². The van der Waals surface area contributed by atoms with Crippen LogP contribution in [-0.2, 0) is 19.4 Å². The molecule has 23 heavy (non-hydrogen) atoms. The third-order valence-corrected chi connectivity index (χ3v) is 4.67. The van der Waals surface area contributed by atoms with Crippen molar-refractivity contribution >= 4 is 27.4 Å². The molecule has 1 atom stereocenters. The number of amides is 1. The molecule has 1 aromatic rings. The second-order valence-corrected chi connectivity index (χ2v) is 7.56. The zero-order chi connectivity index (χ0) is 17.0. The Balaban J connectivity index is 2.09. The Labute approximate surface area is 134 Å². The van der Waals surface area contributed by atoms with E-state index in [-0.39, 0.29) is 34.6 Å². The molecular weight excluding hydrogens is 322 g/mol. The lowest BCUT2D eigenvalue weighted by atomic mass is 10.1. The number of benzene rings is 1. The van der Waals surface area contributed by atoms with E-state index < -0.39 is 15.8 Å². The molecule has 0 spiro atoms. The van der Waals surface area contributed by atoms with Gasteiger partial charge in [0.15, 0.2) is 9.84 Å². The molecule has 8 heteroatoms. The van der Waals surface area contributed by atoms with Gasteiger partial charge < -0.3 is 15.2 Å². The second-order valence-electron chi connectivity index (χ2n) is 5.55. The summed E-state index contributed by atoms with van der Waals surface area (Å²) < 4.78 is 28.7. The smallest absolute Gasteiger partial charge is 0.335 e. The van der Waals surface area contributed by atoms with Crippen LogP contribution >= 0.6 is 0 Å². The van der Waals surface area contributed by atoms with Gasteiger partial charge in [0.2, 0.25) is 5.91 Å². The highest BCUT2D eigenvalue weighted by Gasteiger charge is 2.18. The van der Waals surface area contributed by atoms with Gasteiger partial charge >= 0.3 is 5.97 Å². The first-order valence-electron chi connectivity index (χ1n) is 7.25. The highest BCUT2D eigenvalue weighted by atomic mass is 32.2. The Morgan fingerprint density at radius 2 is 2.09 bits per heavy atom. The van der Waals surface area contributed by atoms with Crippen molar-refractivity contribution in [3.63, 3.8) is 0 Å². The molecule has 1 amide bonds. The molecule has 1 heterocycles. The molecule has 126 valence electrons. The van der Waals surface area contributed by atoms with E-state index in [0.717, 1.165) is 25.2 Å².